The van der Waals surface area contributed by atoms with Gasteiger partial charge in [0.15, 0.2) is 5.82 Å². The number of amides is 1. The highest BCUT2D eigenvalue weighted by molar-refractivity contribution is 7.99. The number of nitrogens with two attached hydrogens (primary N) is 1. The van der Waals surface area contributed by atoms with Gasteiger partial charge in [0.1, 0.15) is 11.6 Å². The Labute approximate surface area is 163 Å². The molecule has 0 unspecified atom stereocenters. The van der Waals surface area contributed by atoms with E-state index in [4.69, 9.17) is 22.2 Å². The Bertz CT molecular complexity index is 982. The molecule has 1 amide bonds. The van der Waals surface area contributed by atoms with E-state index < -0.39 is 5.82 Å². The maximum Gasteiger partial charge on any atom is 0.234 e. The van der Waals surface area contributed by atoms with Crippen LogP contribution in [-0.2, 0) is 4.79 Å². The molecule has 0 fully saturated rings. The zero-order valence-corrected chi connectivity index (χ0v) is 15.7. The van der Waals surface area contributed by atoms with E-state index in [9.17, 15) is 9.18 Å². The number of thioether (sulfide) groups is 1. The lowest BCUT2D eigenvalue weighted by atomic mass is 10.2. The molecule has 140 valence electrons. The lowest BCUT2D eigenvalue weighted by Gasteiger charge is -2.07. The molecule has 0 radical (unpaired) electrons. The van der Waals surface area contributed by atoms with Crippen molar-refractivity contribution in [2.75, 3.05) is 24.0 Å². The van der Waals surface area contributed by atoms with Gasteiger partial charge in [0.25, 0.3) is 0 Å². The minimum atomic E-state index is -0.551. The van der Waals surface area contributed by atoms with Crippen molar-refractivity contribution in [1.82, 2.24) is 14.9 Å². The van der Waals surface area contributed by atoms with Gasteiger partial charge in [0, 0.05) is 11.3 Å². The molecule has 0 aliphatic carbocycles. The van der Waals surface area contributed by atoms with Gasteiger partial charge in [-0.1, -0.05) is 35.5 Å². The van der Waals surface area contributed by atoms with Crippen LogP contribution in [0.25, 0.3) is 11.4 Å². The minimum absolute atomic E-state index is 0.0441. The number of nitrogens with zero attached hydrogens (tertiary/aromatic N) is 3. The summed E-state index contributed by atoms with van der Waals surface area (Å²) in [5.41, 5.74) is 1.14. The second-order valence-electron chi connectivity index (χ2n) is 5.37. The molecule has 0 saturated heterocycles. The van der Waals surface area contributed by atoms with Gasteiger partial charge >= 0.3 is 0 Å². The van der Waals surface area contributed by atoms with Crippen molar-refractivity contribution in [3.8, 4) is 17.1 Å². The number of hydrogen-bond donors (Lipinski definition) is 2. The molecule has 0 aliphatic rings. The molecule has 0 spiro atoms. The Balaban J connectivity index is 1.65. The summed E-state index contributed by atoms with van der Waals surface area (Å²) in [6.45, 7) is 0. The van der Waals surface area contributed by atoms with Gasteiger partial charge in [-0.25, -0.2) is 9.07 Å². The number of halogens is 2. The third-order valence-electron chi connectivity index (χ3n) is 3.53. The predicted molar refractivity (Wildman–Crippen MR) is 103 cm³/mol. The number of carbonyl (C=O) groups excluding carboxylic acids is 1. The number of anilines is 1. The Kier molecular flexibility index (Phi) is 5.82. The van der Waals surface area contributed by atoms with Crippen molar-refractivity contribution >= 4 is 35.0 Å². The second-order valence-corrected chi connectivity index (χ2v) is 6.72. The molecule has 27 heavy (non-hydrogen) atoms. The molecule has 0 saturated carbocycles. The molecule has 3 N–H and O–H groups in total. The topological polar surface area (TPSA) is 95.1 Å². The molecule has 0 aliphatic heterocycles. The molecule has 7 nitrogen and oxygen atoms in total. The van der Waals surface area contributed by atoms with E-state index in [-0.39, 0.29) is 16.7 Å². The summed E-state index contributed by atoms with van der Waals surface area (Å²) >= 11 is 6.82. The number of benzene rings is 2. The van der Waals surface area contributed by atoms with Gasteiger partial charge in [-0.3, -0.25) is 4.79 Å². The van der Waals surface area contributed by atoms with Crippen LogP contribution in [0.15, 0.2) is 47.6 Å². The van der Waals surface area contributed by atoms with Crippen molar-refractivity contribution < 1.29 is 13.9 Å². The highest BCUT2D eigenvalue weighted by atomic mass is 35.5. The van der Waals surface area contributed by atoms with E-state index in [0.29, 0.717) is 22.4 Å². The Morgan fingerprint density at radius 3 is 2.89 bits per heavy atom. The van der Waals surface area contributed by atoms with Crippen molar-refractivity contribution in [2.45, 2.75) is 5.16 Å². The fourth-order valence-corrected chi connectivity index (χ4v) is 3.07. The van der Waals surface area contributed by atoms with Crippen molar-refractivity contribution in [2.24, 2.45) is 0 Å². The van der Waals surface area contributed by atoms with Gasteiger partial charge in [-0.2, -0.15) is 0 Å². The van der Waals surface area contributed by atoms with E-state index in [1.807, 2.05) is 18.2 Å². The first-order valence-electron chi connectivity index (χ1n) is 7.70. The lowest BCUT2D eigenvalue weighted by Crippen LogP contribution is -2.16. The predicted octanol–water partition coefficient (Wildman–Crippen LogP) is 3.19. The van der Waals surface area contributed by atoms with Gasteiger partial charge < -0.3 is 15.9 Å². The number of ether oxygens (including phenoxy) is 1. The van der Waals surface area contributed by atoms with E-state index in [2.05, 4.69) is 15.5 Å². The summed E-state index contributed by atoms with van der Waals surface area (Å²) in [4.78, 5) is 12.1. The largest absolute Gasteiger partial charge is 0.497 e. The Morgan fingerprint density at radius 1 is 1.33 bits per heavy atom. The molecule has 0 bridgehead atoms. The van der Waals surface area contributed by atoms with Crippen LogP contribution in [0.5, 0.6) is 5.75 Å². The quantitative estimate of drug-likeness (QED) is 0.481. The third-order valence-corrected chi connectivity index (χ3v) is 4.76. The smallest absolute Gasteiger partial charge is 0.234 e. The highest BCUT2D eigenvalue weighted by Crippen LogP contribution is 2.25. The maximum absolute atomic E-state index is 13.2. The van der Waals surface area contributed by atoms with Crippen molar-refractivity contribution in [1.29, 1.82) is 0 Å². The molecule has 0 atom stereocenters. The second kappa shape index (κ2) is 8.28. The summed E-state index contributed by atoms with van der Waals surface area (Å²) in [6, 6.07) is 11.2. The minimum Gasteiger partial charge on any atom is -0.497 e. The van der Waals surface area contributed by atoms with Gasteiger partial charge in [-0.05, 0) is 30.3 Å². The SMILES string of the molecule is COc1cccc(-c2nnc(SCC(=O)Nc3ccc(F)c(Cl)c3)n2N)c1. The van der Waals surface area contributed by atoms with Gasteiger partial charge in [-0.15, -0.1) is 10.2 Å². The summed E-state index contributed by atoms with van der Waals surface area (Å²) in [5, 5.41) is 11.0. The fourth-order valence-electron chi connectivity index (χ4n) is 2.24. The van der Waals surface area contributed by atoms with E-state index in [1.54, 1.807) is 13.2 Å². The van der Waals surface area contributed by atoms with Crippen LogP contribution in [0.1, 0.15) is 0 Å². The first kappa shape index (κ1) is 19.0. The maximum atomic E-state index is 13.2. The molecule has 3 aromatic rings. The molecular formula is C17H15ClFN5O2S. The third kappa shape index (κ3) is 4.50. The Hall–Kier alpha value is -2.78. The van der Waals surface area contributed by atoms with E-state index in [0.717, 1.165) is 17.3 Å². The van der Waals surface area contributed by atoms with Crippen molar-refractivity contribution in [3.63, 3.8) is 0 Å². The van der Waals surface area contributed by atoms with E-state index >= 15 is 0 Å². The molecular weight excluding hydrogens is 393 g/mol. The lowest BCUT2D eigenvalue weighted by molar-refractivity contribution is -0.113. The summed E-state index contributed by atoms with van der Waals surface area (Å²) in [5.74, 6) is 6.34. The number of nitrogen functional groups attached to an aromatic ring is 1. The monoisotopic (exact) mass is 407 g/mol. The molecule has 1 aromatic heterocycles. The van der Waals surface area contributed by atoms with Crippen LogP contribution in [0.4, 0.5) is 10.1 Å². The van der Waals surface area contributed by atoms with E-state index in [1.165, 1.54) is 22.9 Å². The zero-order valence-electron chi connectivity index (χ0n) is 14.1. The van der Waals surface area contributed by atoms with Crippen LogP contribution in [-0.4, -0.2) is 33.6 Å². The van der Waals surface area contributed by atoms with Crippen molar-refractivity contribution in [3.05, 3.63) is 53.3 Å². The molecule has 10 heteroatoms. The standard InChI is InChI=1S/C17H15ClFN5O2S/c1-26-12-4-2-3-10(7-12)16-22-23-17(24(16)20)27-9-15(25)21-11-5-6-14(19)13(18)8-11/h2-8H,9,20H2,1H3,(H,21,25). The number of nitrogens with one attached hydrogen (secondary N) is 1. The molecule has 2 aromatic carbocycles. The van der Waals surface area contributed by atoms with Crippen LogP contribution < -0.4 is 15.9 Å². The summed E-state index contributed by atoms with van der Waals surface area (Å²) in [7, 11) is 1.57. The Morgan fingerprint density at radius 2 is 2.15 bits per heavy atom. The van der Waals surface area contributed by atoms with Crippen LogP contribution in [0.2, 0.25) is 5.02 Å². The van der Waals surface area contributed by atoms with Gasteiger partial charge in [0.2, 0.25) is 11.1 Å². The summed E-state index contributed by atoms with van der Waals surface area (Å²) in [6.07, 6.45) is 0. The first-order chi connectivity index (χ1) is 13.0. The highest BCUT2D eigenvalue weighted by Gasteiger charge is 2.14. The number of rotatable bonds is 6. The number of methoxy groups -OCH3 is 1. The van der Waals surface area contributed by atoms with Gasteiger partial charge in [0.05, 0.1) is 17.9 Å². The number of hydrogen-bond acceptors (Lipinski definition) is 6. The number of aromatic nitrogens is 3. The first-order valence-corrected chi connectivity index (χ1v) is 9.07. The molecule has 3 rings (SSSR count). The van der Waals surface area contributed by atoms with Crippen LogP contribution >= 0.6 is 23.4 Å². The zero-order chi connectivity index (χ0) is 19.4. The fraction of sp³-hybridized carbons (Fsp3) is 0.118. The summed E-state index contributed by atoms with van der Waals surface area (Å²) < 4.78 is 19.6. The van der Waals surface area contributed by atoms with Crippen LogP contribution in [0.3, 0.4) is 0 Å². The number of carbonyl (C=O) groups is 1. The normalized spacial score (nSPS) is 10.6. The molecule has 1 heterocycles. The average molecular weight is 408 g/mol. The average Bonchev–Trinajstić information content (AvgIpc) is 3.03. The van der Waals surface area contributed by atoms with Crippen LogP contribution in [0, 0.1) is 5.82 Å².